The number of ether oxygens (including phenoxy) is 1. The topological polar surface area (TPSA) is 45.7 Å². The third-order valence-corrected chi connectivity index (χ3v) is 4.47. The van der Waals surface area contributed by atoms with Crippen molar-refractivity contribution < 1.29 is 13.5 Å². The summed E-state index contributed by atoms with van der Waals surface area (Å²) in [7, 11) is 3.31. The summed E-state index contributed by atoms with van der Waals surface area (Å²) >= 11 is 0. The Morgan fingerprint density at radius 1 is 1.22 bits per heavy atom. The molecule has 128 valence electrons. The van der Waals surface area contributed by atoms with Crippen molar-refractivity contribution in [2.75, 3.05) is 33.9 Å². The highest BCUT2D eigenvalue weighted by Gasteiger charge is 2.39. The number of guanidine groups is 1. The number of methoxy groups -OCH3 is 1. The van der Waals surface area contributed by atoms with E-state index in [2.05, 4.69) is 15.6 Å². The molecule has 0 atom stereocenters. The van der Waals surface area contributed by atoms with E-state index in [-0.39, 0.29) is 5.56 Å². The number of rotatable bonds is 6. The Bertz CT molecular complexity index is 522. The summed E-state index contributed by atoms with van der Waals surface area (Å²) in [6.07, 6.45) is 3.50. The lowest BCUT2D eigenvalue weighted by Crippen LogP contribution is -2.46. The lowest BCUT2D eigenvalue weighted by atomic mass is 9.78. The van der Waals surface area contributed by atoms with E-state index in [1.54, 1.807) is 14.2 Å². The van der Waals surface area contributed by atoms with Gasteiger partial charge in [0.2, 0.25) is 0 Å². The van der Waals surface area contributed by atoms with Crippen LogP contribution < -0.4 is 10.6 Å². The Kier molecular flexibility index (Phi) is 6.33. The molecule has 4 nitrogen and oxygen atoms in total. The van der Waals surface area contributed by atoms with Crippen LogP contribution in [0, 0.1) is 11.6 Å². The van der Waals surface area contributed by atoms with Crippen molar-refractivity contribution in [3.63, 3.8) is 0 Å². The highest BCUT2D eigenvalue weighted by atomic mass is 19.1. The average Bonchev–Trinajstić information content (AvgIpc) is 3.00. The molecule has 1 aliphatic carbocycles. The third-order valence-electron chi connectivity index (χ3n) is 4.47. The van der Waals surface area contributed by atoms with Gasteiger partial charge in [-0.1, -0.05) is 18.9 Å². The van der Waals surface area contributed by atoms with Gasteiger partial charge in [0.15, 0.2) is 5.96 Å². The maximum atomic E-state index is 14.3. The van der Waals surface area contributed by atoms with Gasteiger partial charge in [0, 0.05) is 38.2 Å². The van der Waals surface area contributed by atoms with Gasteiger partial charge in [0.25, 0.3) is 0 Å². The molecule has 23 heavy (non-hydrogen) atoms. The van der Waals surface area contributed by atoms with E-state index in [4.69, 9.17) is 4.74 Å². The summed E-state index contributed by atoms with van der Waals surface area (Å²) in [5.74, 6) is -0.308. The zero-order valence-electron chi connectivity index (χ0n) is 13.8. The van der Waals surface area contributed by atoms with Crippen LogP contribution in [0.5, 0.6) is 0 Å². The van der Waals surface area contributed by atoms with Crippen molar-refractivity contribution in [2.45, 2.75) is 31.1 Å². The minimum atomic E-state index is -0.520. The second kappa shape index (κ2) is 8.24. The predicted octanol–water partition coefficient (Wildman–Crippen LogP) is 2.59. The number of nitrogens with zero attached hydrogens (tertiary/aromatic N) is 1. The third kappa shape index (κ3) is 4.19. The maximum absolute atomic E-state index is 14.3. The molecule has 0 heterocycles. The van der Waals surface area contributed by atoms with E-state index in [0.717, 1.165) is 25.7 Å². The van der Waals surface area contributed by atoms with Crippen LogP contribution in [0.15, 0.2) is 23.2 Å². The Hall–Kier alpha value is -1.69. The Balaban J connectivity index is 2.12. The van der Waals surface area contributed by atoms with Crippen molar-refractivity contribution >= 4 is 5.96 Å². The molecule has 0 aromatic heterocycles. The second-order valence-corrected chi connectivity index (χ2v) is 5.93. The highest BCUT2D eigenvalue weighted by molar-refractivity contribution is 5.79. The number of aliphatic imine (C=N–C) groups is 1. The van der Waals surface area contributed by atoms with Gasteiger partial charge in [0.1, 0.15) is 11.6 Å². The molecule has 0 aliphatic heterocycles. The number of hydrogen-bond acceptors (Lipinski definition) is 2. The summed E-state index contributed by atoms with van der Waals surface area (Å²) < 4.78 is 33.5. The van der Waals surface area contributed by atoms with Crippen LogP contribution in [0.2, 0.25) is 0 Å². The van der Waals surface area contributed by atoms with Crippen molar-refractivity contribution in [2.24, 2.45) is 4.99 Å². The first-order valence-corrected chi connectivity index (χ1v) is 8.01. The van der Waals surface area contributed by atoms with Crippen molar-refractivity contribution in [1.29, 1.82) is 0 Å². The van der Waals surface area contributed by atoms with E-state index in [1.807, 2.05) is 0 Å². The monoisotopic (exact) mass is 325 g/mol. The molecule has 0 saturated heterocycles. The Labute approximate surface area is 136 Å². The zero-order valence-corrected chi connectivity index (χ0v) is 13.8. The SMILES string of the molecule is CN=C(NCCOC)NCC1(c2c(F)cccc2F)CCCC1. The van der Waals surface area contributed by atoms with Gasteiger partial charge in [-0.3, -0.25) is 4.99 Å². The van der Waals surface area contributed by atoms with Crippen LogP contribution in [-0.4, -0.2) is 39.8 Å². The summed E-state index contributed by atoms with van der Waals surface area (Å²) in [4.78, 5) is 4.14. The molecule has 1 aromatic rings. The molecular weight excluding hydrogens is 300 g/mol. The van der Waals surface area contributed by atoms with E-state index in [0.29, 0.717) is 25.7 Å². The van der Waals surface area contributed by atoms with E-state index in [1.165, 1.54) is 18.2 Å². The van der Waals surface area contributed by atoms with Gasteiger partial charge in [-0.15, -0.1) is 0 Å². The average molecular weight is 325 g/mol. The molecule has 0 spiro atoms. The van der Waals surface area contributed by atoms with Gasteiger partial charge in [0.05, 0.1) is 6.61 Å². The number of halogens is 2. The van der Waals surface area contributed by atoms with Gasteiger partial charge >= 0.3 is 0 Å². The van der Waals surface area contributed by atoms with Crippen LogP contribution in [-0.2, 0) is 10.2 Å². The van der Waals surface area contributed by atoms with Gasteiger partial charge in [-0.2, -0.15) is 0 Å². The van der Waals surface area contributed by atoms with Gasteiger partial charge < -0.3 is 15.4 Å². The fourth-order valence-electron chi connectivity index (χ4n) is 3.32. The minimum absolute atomic E-state index is 0.206. The molecule has 2 rings (SSSR count). The molecule has 0 unspecified atom stereocenters. The maximum Gasteiger partial charge on any atom is 0.191 e. The highest BCUT2D eigenvalue weighted by Crippen LogP contribution is 2.42. The van der Waals surface area contributed by atoms with Gasteiger partial charge in [-0.25, -0.2) is 8.78 Å². The van der Waals surface area contributed by atoms with Crippen molar-refractivity contribution in [3.8, 4) is 0 Å². The van der Waals surface area contributed by atoms with Crippen LogP contribution in [0.3, 0.4) is 0 Å². The molecule has 0 radical (unpaired) electrons. The molecule has 2 N–H and O–H groups in total. The molecule has 1 fully saturated rings. The summed E-state index contributed by atoms with van der Waals surface area (Å²) in [5, 5.41) is 6.33. The Morgan fingerprint density at radius 3 is 2.43 bits per heavy atom. The minimum Gasteiger partial charge on any atom is -0.383 e. The largest absolute Gasteiger partial charge is 0.383 e. The number of hydrogen-bond donors (Lipinski definition) is 2. The molecular formula is C17H25F2N3O. The number of nitrogens with one attached hydrogen (secondary N) is 2. The van der Waals surface area contributed by atoms with E-state index in [9.17, 15) is 8.78 Å². The van der Waals surface area contributed by atoms with E-state index >= 15 is 0 Å². The molecule has 1 aliphatic rings. The molecule has 0 bridgehead atoms. The first-order valence-electron chi connectivity index (χ1n) is 8.01. The molecule has 0 amide bonds. The quantitative estimate of drug-likeness (QED) is 0.480. The van der Waals surface area contributed by atoms with Crippen LogP contribution in [0.25, 0.3) is 0 Å². The van der Waals surface area contributed by atoms with E-state index < -0.39 is 17.0 Å². The second-order valence-electron chi connectivity index (χ2n) is 5.93. The zero-order chi connectivity index (χ0) is 16.7. The first-order chi connectivity index (χ1) is 11.1. The lowest BCUT2D eigenvalue weighted by molar-refractivity contribution is 0.203. The van der Waals surface area contributed by atoms with Crippen molar-refractivity contribution in [1.82, 2.24) is 10.6 Å². The predicted molar refractivity (Wildman–Crippen MR) is 87.7 cm³/mol. The lowest BCUT2D eigenvalue weighted by Gasteiger charge is -2.31. The van der Waals surface area contributed by atoms with Crippen LogP contribution >= 0.6 is 0 Å². The summed E-state index contributed by atoms with van der Waals surface area (Å²) in [6, 6.07) is 4.09. The van der Waals surface area contributed by atoms with Crippen LogP contribution in [0.1, 0.15) is 31.2 Å². The summed E-state index contributed by atoms with van der Waals surface area (Å²) in [5.41, 5.74) is -0.314. The van der Waals surface area contributed by atoms with Crippen molar-refractivity contribution in [3.05, 3.63) is 35.4 Å². The Morgan fingerprint density at radius 2 is 1.87 bits per heavy atom. The fraction of sp³-hybridized carbons (Fsp3) is 0.588. The summed E-state index contributed by atoms with van der Waals surface area (Å²) in [6.45, 7) is 1.64. The molecule has 1 saturated carbocycles. The van der Waals surface area contributed by atoms with Crippen LogP contribution in [0.4, 0.5) is 8.78 Å². The number of benzene rings is 1. The molecule has 1 aromatic carbocycles. The van der Waals surface area contributed by atoms with Gasteiger partial charge in [-0.05, 0) is 25.0 Å². The first kappa shape index (κ1) is 17.7. The normalized spacial score (nSPS) is 17.3. The standard InChI is InChI=1S/C17H25F2N3O/c1-20-16(21-10-11-23-2)22-12-17(8-3-4-9-17)15-13(18)6-5-7-14(15)19/h5-7H,3-4,8-12H2,1-2H3,(H2,20,21,22). The fourth-order valence-corrected chi connectivity index (χ4v) is 3.32. The molecule has 6 heteroatoms. The smallest absolute Gasteiger partial charge is 0.191 e.